The van der Waals surface area contributed by atoms with Gasteiger partial charge in [-0.2, -0.15) is 0 Å². The van der Waals surface area contributed by atoms with Gasteiger partial charge in [0.15, 0.2) is 0 Å². The standard InChI is InChI=1S/C14H17ClN2O/c1-9(11-7-16-8-11)14(18)17-10(2)12-5-3-4-6-13(12)15/h3-6,10,16H,7-8H2,1-2H3,(H,17,18). The molecule has 0 bridgehead atoms. The Hall–Kier alpha value is -1.32. The molecule has 1 aromatic rings. The minimum absolute atomic E-state index is 0.0149. The lowest BCUT2D eigenvalue weighted by Crippen LogP contribution is -2.38. The fraction of sp³-hybridized carbons (Fsp3) is 0.357. The maximum atomic E-state index is 12.0. The second-order valence-electron chi connectivity index (χ2n) is 4.55. The summed E-state index contributed by atoms with van der Waals surface area (Å²) in [6.45, 7) is 5.44. The molecule has 0 aliphatic carbocycles. The summed E-state index contributed by atoms with van der Waals surface area (Å²) in [5.74, 6) is -0.0149. The van der Waals surface area contributed by atoms with Gasteiger partial charge in [0, 0.05) is 23.7 Å². The zero-order valence-electron chi connectivity index (χ0n) is 10.6. The van der Waals surface area contributed by atoms with Gasteiger partial charge in [0.25, 0.3) is 0 Å². The quantitative estimate of drug-likeness (QED) is 0.824. The van der Waals surface area contributed by atoms with Crippen molar-refractivity contribution in [2.75, 3.05) is 13.1 Å². The fourth-order valence-electron chi connectivity index (χ4n) is 1.88. The molecule has 1 fully saturated rings. The van der Waals surface area contributed by atoms with E-state index >= 15 is 0 Å². The van der Waals surface area contributed by atoms with Crippen molar-refractivity contribution in [3.05, 3.63) is 46.0 Å². The van der Waals surface area contributed by atoms with E-state index in [2.05, 4.69) is 10.6 Å². The first-order valence-corrected chi connectivity index (χ1v) is 6.42. The summed E-state index contributed by atoms with van der Waals surface area (Å²) in [6, 6.07) is 7.48. The van der Waals surface area contributed by atoms with E-state index < -0.39 is 0 Å². The van der Waals surface area contributed by atoms with Crippen molar-refractivity contribution in [2.24, 2.45) is 0 Å². The number of carbonyl (C=O) groups excluding carboxylic acids is 1. The molecule has 1 unspecified atom stereocenters. The van der Waals surface area contributed by atoms with Gasteiger partial charge in [-0.25, -0.2) is 0 Å². The molecular weight excluding hydrogens is 248 g/mol. The molecule has 96 valence electrons. The second-order valence-corrected chi connectivity index (χ2v) is 4.96. The molecule has 18 heavy (non-hydrogen) atoms. The molecule has 1 saturated heterocycles. The molecule has 2 N–H and O–H groups in total. The molecule has 1 aliphatic heterocycles. The lowest BCUT2D eigenvalue weighted by atomic mass is 10.0. The minimum Gasteiger partial charge on any atom is -0.346 e. The lowest BCUT2D eigenvalue weighted by Gasteiger charge is -2.23. The summed E-state index contributed by atoms with van der Waals surface area (Å²) in [5, 5.41) is 6.79. The van der Waals surface area contributed by atoms with Crippen molar-refractivity contribution in [1.82, 2.24) is 10.6 Å². The first-order valence-electron chi connectivity index (χ1n) is 6.04. The number of halogens is 1. The van der Waals surface area contributed by atoms with E-state index in [0.717, 1.165) is 24.2 Å². The Bertz CT molecular complexity index is 490. The van der Waals surface area contributed by atoms with Crippen molar-refractivity contribution < 1.29 is 4.79 Å². The van der Waals surface area contributed by atoms with Crippen LogP contribution in [0.25, 0.3) is 0 Å². The van der Waals surface area contributed by atoms with Crippen LogP contribution in [0.15, 0.2) is 35.4 Å². The second kappa shape index (κ2) is 5.55. The van der Waals surface area contributed by atoms with Crippen molar-refractivity contribution in [3.63, 3.8) is 0 Å². The Morgan fingerprint density at radius 1 is 1.39 bits per heavy atom. The van der Waals surface area contributed by atoms with Crippen LogP contribution >= 0.6 is 11.6 Å². The Kier molecular flexibility index (Phi) is 4.04. The average Bonchev–Trinajstić information content (AvgIpc) is 2.26. The van der Waals surface area contributed by atoms with E-state index in [0.29, 0.717) is 5.02 Å². The van der Waals surface area contributed by atoms with E-state index in [1.54, 1.807) is 0 Å². The third-order valence-corrected chi connectivity index (χ3v) is 3.61. The number of hydrogen-bond donors (Lipinski definition) is 2. The van der Waals surface area contributed by atoms with E-state index in [1.165, 1.54) is 5.57 Å². The van der Waals surface area contributed by atoms with Crippen LogP contribution in [0, 0.1) is 0 Å². The molecule has 1 heterocycles. The predicted molar refractivity (Wildman–Crippen MR) is 73.6 cm³/mol. The molecule has 1 atom stereocenters. The lowest BCUT2D eigenvalue weighted by molar-refractivity contribution is -0.118. The van der Waals surface area contributed by atoms with Crippen LogP contribution in [-0.4, -0.2) is 19.0 Å². The highest BCUT2D eigenvalue weighted by atomic mass is 35.5. The molecule has 0 spiro atoms. The van der Waals surface area contributed by atoms with Crippen LogP contribution in [0.2, 0.25) is 5.02 Å². The number of benzene rings is 1. The summed E-state index contributed by atoms with van der Waals surface area (Å²) in [7, 11) is 0. The van der Waals surface area contributed by atoms with E-state index in [-0.39, 0.29) is 11.9 Å². The van der Waals surface area contributed by atoms with Gasteiger partial charge in [-0.05, 0) is 31.1 Å². The fourth-order valence-corrected chi connectivity index (χ4v) is 2.18. The highest BCUT2D eigenvalue weighted by Gasteiger charge is 2.18. The smallest absolute Gasteiger partial charge is 0.247 e. The molecule has 1 aromatic carbocycles. The summed E-state index contributed by atoms with van der Waals surface area (Å²) in [4.78, 5) is 12.0. The van der Waals surface area contributed by atoms with Crippen LogP contribution in [0.4, 0.5) is 0 Å². The van der Waals surface area contributed by atoms with Crippen molar-refractivity contribution in [2.45, 2.75) is 19.9 Å². The molecule has 1 amide bonds. The zero-order valence-corrected chi connectivity index (χ0v) is 11.3. The minimum atomic E-state index is -0.0882. The first kappa shape index (κ1) is 13.1. The summed E-state index contributed by atoms with van der Waals surface area (Å²) in [6.07, 6.45) is 0. The van der Waals surface area contributed by atoms with Gasteiger partial charge >= 0.3 is 0 Å². The highest BCUT2D eigenvalue weighted by Crippen LogP contribution is 2.22. The van der Waals surface area contributed by atoms with Crippen molar-refractivity contribution in [3.8, 4) is 0 Å². The van der Waals surface area contributed by atoms with Gasteiger partial charge in [0.2, 0.25) is 5.91 Å². The maximum absolute atomic E-state index is 12.0. The normalized spacial score (nSPS) is 15.8. The summed E-state index contributed by atoms with van der Waals surface area (Å²) in [5.41, 5.74) is 2.93. The van der Waals surface area contributed by atoms with Gasteiger partial charge in [-0.15, -0.1) is 0 Å². The molecule has 2 rings (SSSR count). The first-order chi connectivity index (χ1) is 8.59. The molecule has 3 nitrogen and oxygen atoms in total. The van der Waals surface area contributed by atoms with Gasteiger partial charge in [0.1, 0.15) is 0 Å². The van der Waals surface area contributed by atoms with Gasteiger partial charge < -0.3 is 10.6 Å². The van der Waals surface area contributed by atoms with Crippen LogP contribution in [-0.2, 0) is 4.79 Å². The third kappa shape index (κ3) is 2.74. The highest BCUT2D eigenvalue weighted by molar-refractivity contribution is 6.31. The number of rotatable bonds is 3. The largest absolute Gasteiger partial charge is 0.346 e. The van der Waals surface area contributed by atoms with Crippen LogP contribution < -0.4 is 10.6 Å². The topological polar surface area (TPSA) is 41.1 Å². The molecule has 0 aromatic heterocycles. The van der Waals surface area contributed by atoms with Gasteiger partial charge in [0.05, 0.1) is 6.04 Å². The van der Waals surface area contributed by atoms with E-state index in [1.807, 2.05) is 38.1 Å². The van der Waals surface area contributed by atoms with E-state index in [9.17, 15) is 4.79 Å². The Balaban J connectivity index is 2.06. The molecule has 0 saturated carbocycles. The predicted octanol–water partition coefficient (Wildman–Crippen LogP) is 2.44. The number of amides is 1. The number of nitrogens with one attached hydrogen (secondary N) is 2. The SMILES string of the molecule is CC(C(=O)NC(C)c1ccccc1Cl)=C1CNC1. The van der Waals surface area contributed by atoms with Gasteiger partial charge in [-0.3, -0.25) is 4.79 Å². The molecule has 4 heteroatoms. The van der Waals surface area contributed by atoms with Crippen LogP contribution in [0.5, 0.6) is 0 Å². The van der Waals surface area contributed by atoms with Gasteiger partial charge in [-0.1, -0.05) is 29.8 Å². The molecular formula is C14H17ClN2O. The van der Waals surface area contributed by atoms with Crippen molar-refractivity contribution >= 4 is 17.5 Å². The maximum Gasteiger partial charge on any atom is 0.247 e. The third-order valence-electron chi connectivity index (χ3n) is 3.27. The monoisotopic (exact) mass is 264 g/mol. The Morgan fingerprint density at radius 2 is 2.06 bits per heavy atom. The van der Waals surface area contributed by atoms with Crippen LogP contribution in [0.3, 0.4) is 0 Å². The molecule has 0 radical (unpaired) electrons. The zero-order chi connectivity index (χ0) is 13.1. The van der Waals surface area contributed by atoms with Crippen molar-refractivity contribution in [1.29, 1.82) is 0 Å². The Morgan fingerprint density at radius 3 is 2.61 bits per heavy atom. The number of hydrogen-bond acceptors (Lipinski definition) is 2. The average molecular weight is 265 g/mol. The number of carbonyl (C=O) groups is 1. The Labute approximate surface area is 112 Å². The van der Waals surface area contributed by atoms with Crippen LogP contribution in [0.1, 0.15) is 25.5 Å². The van der Waals surface area contributed by atoms with E-state index in [4.69, 9.17) is 11.6 Å². The summed E-state index contributed by atoms with van der Waals surface area (Å²) < 4.78 is 0. The molecule has 1 aliphatic rings. The summed E-state index contributed by atoms with van der Waals surface area (Å²) >= 11 is 6.11.